The monoisotopic (exact) mass is 302 g/mol. The highest BCUT2D eigenvalue weighted by Crippen LogP contribution is 2.21. The van der Waals surface area contributed by atoms with Gasteiger partial charge in [0.1, 0.15) is 17.5 Å². The number of rotatable bonds is 5. The Hall–Kier alpha value is -2.71. The Morgan fingerprint density at radius 3 is 2.38 bits per heavy atom. The van der Waals surface area contributed by atoms with Gasteiger partial charge in [0.05, 0.1) is 6.42 Å². The van der Waals surface area contributed by atoms with Crippen molar-refractivity contribution >= 4 is 23.7 Å². The fourth-order valence-corrected chi connectivity index (χ4v) is 1.45. The summed E-state index contributed by atoms with van der Waals surface area (Å²) in [5.41, 5.74) is -0.668. The second-order valence-electron chi connectivity index (χ2n) is 4.14. The number of nitrogens with one attached hydrogen (secondary N) is 2. The number of carboxylic acid groups (broad SMARTS) is 2. The lowest BCUT2D eigenvalue weighted by Gasteiger charge is -2.14. The van der Waals surface area contributed by atoms with E-state index in [1.54, 1.807) is 5.32 Å². The quantitative estimate of drug-likeness (QED) is 0.654. The predicted molar refractivity (Wildman–Crippen MR) is 66.9 cm³/mol. The Kier molecular flexibility index (Phi) is 5.17. The van der Waals surface area contributed by atoms with Gasteiger partial charge in [0.15, 0.2) is 5.82 Å². The predicted octanol–water partition coefficient (Wildman–Crippen LogP) is 1.32. The van der Waals surface area contributed by atoms with E-state index in [0.717, 1.165) is 12.1 Å². The lowest BCUT2D eigenvalue weighted by molar-refractivity contribution is -0.145. The first kappa shape index (κ1) is 16.3. The number of urea groups is 1. The van der Waals surface area contributed by atoms with Gasteiger partial charge in [-0.3, -0.25) is 4.79 Å². The first-order chi connectivity index (χ1) is 9.72. The van der Waals surface area contributed by atoms with Crippen LogP contribution in [0.4, 0.5) is 19.3 Å². The molecule has 9 heteroatoms. The summed E-state index contributed by atoms with van der Waals surface area (Å²) in [6, 6.07) is -0.858. The summed E-state index contributed by atoms with van der Waals surface area (Å²) in [6.45, 7) is 1.35. The standard InChI is InChI=1S/C12H12F2N2O5/c1-5-2-3-6(13)10(9(5)14)16-12(21)15-7(11(19)20)4-8(17)18/h2-3,7H,4H2,1H3,(H,17,18)(H,19,20)(H2,15,16,21)/t7-/m0/s1. The molecule has 21 heavy (non-hydrogen) atoms. The van der Waals surface area contributed by atoms with Gasteiger partial charge in [0.2, 0.25) is 0 Å². The van der Waals surface area contributed by atoms with Crippen molar-refractivity contribution in [2.75, 3.05) is 5.32 Å². The molecule has 2 amide bonds. The molecule has 0 spiro atoms. The van der Waals surface area contributed by atoms with Gasteiger partial charge in [-0.15, -0.1) is 0 Å². The topological polar surface area (TPSA) is 116 Å². The number of halogens is 2. The molecule has 4 N–H and O–H groups in total. The van der Waals surface area contributed by atoms with Crippen molar-refractivity contribution in [2.45, 2.75) is 19.4 Å². The average Bonchev–Trinajstić information content (AvgIpc) is 2.38. The largest absolute Gasteiger partial charge is 0.481 e. The van der Waals surface area contributed by atoms with E-state index in [1.165, 1.54) is 6.92 Å². The Labute approximate surface area is 117 Å². The minimum Gasteiger partial charge on any atom is -0.481 e. The summed E-state index contributed by atoms with van der Waals surface area (Å²) in [5.74, 6) is -5.08. The minimum atomic E-state index is -1.72. The van der Waals surface area contributed by atoms with Gasteiger partial charge in [-0.1, -0.05) is 6.07 Å². The van der Waals surface area contributed by atoms with Gasteiger partial charge < -0.3 is 20.8 Å². The van der Waals surface area contributed by atoms with E-state index in [0.29, 0.717) is 0 Å². The molecule has 0 aliphatic heterocycles. The number of amides is 2. The highest BCUT2D eigenvalue weighted by atomic mass is 19.1. The molecule has 0 aliphatic rings. The van der Waals surface area contributed by atoms with E-state index in [4.69, 9.17) is 10.2 Å². The first-order valence-corrected chi connectivity index (χ1v) is 5.69. The second kappa shape index (κ2) is 6.64. The van der Waals surface area contributed by atoms with Crippen LogP contribution < -0.4 is 10.6 Å². The summed E-state index contributed by atoms with van der Waals surface area (Å²) in [6.07, 6.45) is -0.873. The smallest absolute Gasteiger partial charge is 0.326 e. The van der Waals surface area contributed by atoms with E-state index < -0.39 is 47.8 Å². The molecule has 0 bridgehead atoms. The second-order valence-corrected chi connectivity index (χ2v) is 4.14. The molecule has 0 aliphatic carbocycles. The van der Waals surface area contributed by atoms with Gasteiger partial charge in [0.25, 0.3) is 0 Å². The van der Waals surface area contributed by atoms with E-state index >= 15 is 0 Å². The number of hydrogen-bond acceptors (Lipinski definition) is 3. The van der Waals surface area contributed by atoms with Crippen LogP contribution in [-0.2, 0) is 9.59 Å². The van der Waals surface area contributed by atoms with Crippen molar-refractivity contribution in [2.24, 2.45) is 0 Å². The number of anilines is 1. The molecule has 1 atom stereocenters. The first-order valence-electron chi connectivity index (χ1n) is 5.69. The summed E-state index contributed by atoms with van der Waals surface area (Å²) < 4.78 is 27.0. The fourth-order valence-electron chi connectivity index (χ4n) is 1.45. The third-order valence-corrected chi connectivity index (χ3v) is 2.50. The van der Waals surface area contributed by atoms with Crippen LogP contribution in [0.5, 0.6) is 0 Å². The van der Waals surface area contributed by atoms with Crippen LogP contribution >= 0.6 is 0 Å². The molecule has 114 valence electrons. The summed E-state index contributed by atoms with van der Waals surface area (Å²) in [4.78, 5) is 32.7. The molecule has 7 nitrogen and oxygen atoms in total. The van der Waals surface area contributed by atoms with Crippen molar-refractivity contribution < 1.29 is 33.4 Å². The van der Waals surface area contributed by atoms with Crippen LogP contribution in [0.25, 0.3) is 0 Å². The van der Waals surface area contributed by atoms with E-state index in [1.807, 2.05) is 5.32 Å². The number of hydrogen-bond donors (Lipinski definition) is 4. The average molecular weight is 302 g/mol. The molecule has 1 rings (SSSR count). The zero-order chi connectivity index (χ0) is 16.2. The molecular formula is C12H12F2N2O5. The molecule has 1 aromatic rings. The zero-order valence-electron chi connectivity index (χ0n) is 10.8. The summed E-state index contributed by atoms with van der Waals surface area (Å²) in [7, 11) is 0. The number of carboxylic acids is 2. The molecule has 0 heterocycles. The Morgan fingerprint density at radius 1 is 1.24 bits per heavy atom. The van der Waals surface area contributed by atoms with E-state index in [9.17, 15) is 23.2 Å². The van der Waals surface area contributed by atoms with Crippen molar-refractivity contribution in [1.29, 1.82) is 0 Å². The van der Waals surface area contributed by atoms with Gasteiger partial charge in [-0.25, -0.2) is 18.4 Å². The van der Waals surface area contributed by atoms with E-state index in [-0.39, 0.29) is 5.56 Å². The summed E-state index contributed by atoms with van der Waals surface area (Å²) in [5, 5.41) is 20.9. The molecule has 0 fully saturated rings. The number of aryl methyl sites for hydroxylation is 1. The van der Waals surface area contributed by atoms with Crippen molar-refractivity contribution in [3.63, 3.8) is 0 Å². The maximum atomic E-state index is 13.6. The number of carbonyl (C=O) groups is 3. The molecule has 1 aromatic carbocycles. The van der Waals surface area contributed by atoms with Crippen LogP contribution in [0.3, 0.4) is 0 Å². The van der Waals surface area contributed by atoms with Crippen molar-refractivity contribution in [3.05, 3.63) is 29.3 Å². The van der Waals surface area contributed by atoms with Crippen LogP contribution in [0.1, 0.15) is 12.0 Å². The number of benzene rings is 1. The van der Waals surface area contributed by atoms with E-state index in [2.05, 4.69) is 0 Å². The molecule has 0 aromatic heterocycles. The molecular weight excluding hydrogens is 290 g/mol. The number of carbonyl (C=O) groups excluding carboxylic acids is 1. The summed E-state index contributed by atoms with van der Waals surface area (Å²) >= 11 is 0. The van der Waals surface area contributed by atoms with Crippen molar-refractivity contribution in [1.82, 2.24) is 5.32 Å². The molecule has 0 saturated heterocycles. The lowest BCUT2D eigenvalue weighted by Crippen LogP contribution is -2.44. The van der Waals surface area contributed by atoms with Gasteiger partial charge in [-0.2, -0.15) is 0 Å². The SMILES string of the molecule is Cc1ccc(F)c(NC(=O)N[C@@H](CC(=O)O)C(=O)O)c1F. The number of aliphatic carboxylic acids is 2. The third-order valence-electron chi connectivity index (χ3n) is 2.50. The molecule has 0 saturated carbocycles. The van der Waals surface area contributed by atoms with Gasteiger partial charge in [0, 0.05) is 0 Å². The minimum absolute atomic E-state index is 0.0759. The Balaban J connectivity index is 2.84. The van der Waals surface area contributed by atoms with Crippen LogP contribution in [0.15, 0.2) is 12.1 Å². The lowest BCUT2D eigenvalue weighted by atomic mass is 10.2. The molecule has 0 unspecified atom stereocenters. The third kappa shape index (κ3) is 4.41. The molecule has 0 radical (unpaired) electrons. The Bertz CT molecular complexity index is 591. The highest BCUT2D eigenvalue weighted by Gasteiger charge is 2.24. The normalized spacial score (nSPS) is 11.6. The van der Waals surface area contributed by atoms with Crippen molar-refractivity contribution in [3.8, 4) is 0 Å². The highest BCUT2D eigenvalue weighted by molar-refractivity contribution is 5.93. The van der Waals surface area contributed by atoms with Crippen LogP contribution in [0, 0.1) is 18.6 Å². The maximum Gasteiger partial charge on any atom is 0.326 e. The fraction of sp³-hybridized carbons (Fsp3) is 0.250. The maximum absolute atomic E-state index is 13.6. The Morgan fingerprint density at radius 2 is 1.86 bits per heavy atom. The van der Waals surface area contributed by atoms with Gasteiger partial charge >= 0.3 is 18.0 Å². The van der Waals surface area contributed by atoms with Crippen LogP contribution in [0.2, 0.25) is 0 Å². The van der Waals surface area contributed by atoms with Crippen LogP contribution in [-0.4, -0.2) is 34.2 Å². The zero-order valence-corrected chi connectivity index (χ0v) is 10.8. The van der Waals surface area contributed by atoms with Gasteiger partial charge in [-0.05, 0) is 18.6 Å².